The summed E-state index contributed by atoms with van der Waals surface area (Å²) in [6, 6.07) is 17.4. The Labute approximate surface area is 142 Å². The average molecular weight is 329 g/mol. The topological polar surface area (TPSA) is 63.0 Å². The lowest BCUT2D eigenvalue weighted by molar-refractivity contribution is -0.913. The van der Waals surface area contributed by atoms with Crippen molar-refractivity contribution in [2.75, 3.05) is 32.1 Å². The number of carbonyl (C=O) groups excluding carboxylic acids is 1. The zero-order valence-corrected chi connectivity index (χ0v) is 14.0. The summed E-state index contributed by atoms with van der Waals surface area (Å²) in [6.45, 7) is 2.22. The predicted molar refractivity (Wildman–Crippen MR) is 94.2 cm³/mol. The highest BCUT2D eigenvalue weighted by Gasteiger charge is 2.12. The van der Waals surface area contributed by atoms with Crippen molar-refractivity contribution in [1.82, 2.24) is 0 Å². The first-order valence-corrected chi connectivity index (χ1v) is 8.13. The van der Waals surface area contributed by atoms with Gasteiger partial charge in [0.25, 0.3) is 0 Å². The average Bonchev–Trinajstić information content (AvgIpc) is 2.61. The minimum atomic E-state index is -0.0244. The third-order valence-corrected chi connectivity index (χ3v) is 3.84. The Morgan fingerprint density at radius 1 is 1.08 bits per heavy atom. The SMILES string of the molecule is COc1ccc(NC(=O)CC[NH+](CCO)Cc2ccccc2)cc1. The van der Waals surface area contributed by atoms with Crippen LogP contribution >= 0.6 is 0 Å². The number of ether oxygens (including phenoxy) is 1. The number of aliphatic hydroxyl groups is 1. The summed E-state index contributed by atoms with van der Waals surface area (Å²) in [5.74, 6) is 0.734. The molecule has 0 aliphatic heterocycles. The number of methoxy groups -OCH3 is 1. The zero-order chi connectivity index (χ0) is 17.2. The second kappa shape index (κ2) is 9.70. The van der Waals surface area contributed by atoms with Gasteiger partial charge in [0.05, 0.1) is 26.7 Å². The largest absolute Gasteiger partial charge is 0.497 e. The van der Waals surface area contributed by atoms with E-state index in [1.807, 2.05) is 42.5 Å². The molecular weight excluding hydrogens is 304 g/mol. The van der Waals surface area contributed by atoms with Gasteiger partial charge in [-0.25, -0.2) is 0 Å². The maximum Gasteiger partial charge on any atom is 0.230 e. The summed E-state index contributed by atoms with van der Waals surface area (Å²) in [4.78, 5) is 13.3. The van der Waals surface area contributed by atoms with E-state index >= 15 is 0 Å². The molecule has 0 bridgehead atoms. The van der Waals surface area contributed by atoms with Crippen LogP contribution in [0.3, 0.4) is 0 Å². The number of aliphatic hydroxyl groups excluding tert-OH is 1. The highest BCUT2D eigenvalue weighted by atomic mass is 16.5. The van der Waals surface area contributed by atoms with Crippen LogP contribution in [-0.4, -0.2) is 37.8 Å². The van der Waals surface area contributed by atoms with Crippen LogP contribution in [-0.2, 0) is 11.3 Å². The molecule has 1 amide bonds. The van der Waals surface area contributed by atoms with Crippen molar-refractivity contribution in [1.29, 1.82) is 0 Å². The molecule has 1 unspecified atom stereocenters. The van der Waals surface area contributed by atoms with Gasteiger partial charge in [0.1, 0.15) is 18.8 Å². The van der Waals surface area contributed by atoms with E-state index < -0.39 is 0 Å². The van der Waals surface area contributed by atoms with Gasteiger partial charge < -0.3 is 20.1 Å². The van der Waals surface area contributed by atoms with E-state index in [0.29, 0.717) is 19.5 Å². The molecule has 0 fully saturated rings. The van der Waals surface area contributed by atoms with Crippen LogP contribution in [0.15, 0.2) is 54.6 Å². The minimum Gasteiger partial charge on any atom is -0.497 e. The standard InChI is InChI=1S/C19H24N2O3/c1-24-18-9-7-17(8-10-18)20-19(23)11-12-21(13-14-22)15-16-5-3-2-4-6-16/h2-10,22H,11-15H2,1H3,(H,20,23)/p+1. The molecule has 0 saturated carbocycles. The van der Waals surface area contributed by atoms with Crippen LogP contribution in [0, 0.1) is 0 Å². The molecule has 2 rings (SSSR count). The molecular formula is C19H25N2O3+. The van der Waals surface area contributed by atoms with Crippen LogP contribution in [0.1, 0.15) is 12.0 Å². The van der Waals surface area contributed by atoms with E-state index in [9.17, 15) is 9.90 Å². The second-order valence-electron chi connectivity index (χ2n) is 5.66. The Morgan fingerprint density at radius 2 is 1.79 bits per heavy atom. The highest BCUT2D eigenvalue weighted by molar-refractivity contribution is 5.90. The molecule has 0 saturated heterocycles. The predicted octanol–water partition coefficient (Wildman–Crippen LogP) is 1.10. The Balaban J connectivity index is 1.82. The number of benzene rings is 2. The number of carbonyl (C=O) groups is 1. The lowest BCUT2D eigenvalue weighted by atomic mass is 10.2. The van der Waals surface area contributed by atoms with Crippen LogP contribution in [0.2, 0.25) is 0 Å². The fourth-order valence-electron chi connectivity index (χ4n) is 2.53. The minimum absolute atomic E-state index is 0.0244. The molecule has 128 valence electrons. The molecule has 5 heteroatoms. The van der Waals surface area contributed by atoms with Crippen LogP contribution < -0.4 is 15.0 Å². The summed E-state index contributed by atoms with van der Waals surface area (Å²) in [5.41, 5.74) is 1.96. The molecule has 0 radical (unpaired) electrons. The Kier molecular flexibility index (Phi) is 7.26. The van der Waals surface area contributed by atoms with Crippen molar-refractivity contribution < 1.29 is 19.5 Å². The van der Waals surface area contributed by atoms with Crippen molar-refractivity contribution in [2.24, 2.45) is 0 Å². The summed E-state index contributed by atoms with van der Waals surface area (Å²) in [7, 11) is 1.61. The van der Waals surface area contributed by atoms with Crippen molar-refractivity contribution in [3.05, 3.63) is 60.2 Å². The molecule has 24 heavy (non-hydrogen) atoms. The fourth-order valence-corrected chi connectivity index (χ4v) is 2.53. The van der Waals surface area contributed by atoms with E-state index in [2.05, 4.69) is 17.4 Å². The maximum absolute atomic E-state index is 12.1. The molecule has 0 aromatic heterocycles. The van der Waals surface area contributed by atoms with Gasteiger partial charge in [-0.15, -0.1) is 0 Å². The van der Waals surface area contributed by atoms with Gasteiger partial charge in [0.15, 0.2) is 0 Å². The second-order valence-corrected chi connectivity index (χ2v) is 5.66. The fraction of sp³-hybridized carbons (Fsp3) is 0.316. The van der Waals surface area contributed by atoms with Gasteiger partial charge in [-0.3, -0.25) is 4.79 Å². The van der Waals surface area contributed by atoms with Gasteiger partial charge in [-0.2, -0.15) is 0 Å². The van der Waals surface area contributed by atoms with Gasteiger partial charge in [0.2, 0.25) is 5.91 Å². The van der Waals surface area contributed by atoms with E-state index in [1.165, 1.54) is 10.5 Å². The molecule has 3 N–H and O–H groups in total. The number of hydrogen-bond donors (Lipinski definition) is 3. The first-order chi connectivity index (χ1) is 11.7. The molecule has 0 aliphatic carbocycles. The molecule has 0 heterocycles. The van der Waals surface area contributed by atoms with Gasteiger partial charge in [-0.1, -0.05) is 30.3 Å². The summed E-state index contributed by atoms with van der Waals surface area (Å²) in [6.07, 6.45) is 0.411. The molecule has 2 aromatic rings. The summed E-state index contributed by atoms with van der Waals surface area (Å²) < 4.78 is 5.10. The number of quaternary nitrogens is 1. The number of hydrogen-bond acceptors (Lipinski definition) is 3. The van der Waals surface area contributed by atoms with Crippen LogP contribution in [0.4, 0.5) is 5.69 Å². The molecule has 0 spiro atoms. The van der Waals surface area contributed by atoms with Crippen molar-refractivity contribution in [2.45, 2.75) is 13.0 Å². The first kappa shape index (κ1) is 18.0. The lowest BCUT2D eigenvalue weighted by Gasteiger charge is -2.18. The third kappa shape index (κ3) is 6.02. The normalized spacial score (nSPS) is 11.8. The van der Waals surface area contributed by atoms with E-state index in [-0.39, 0.29) is 12.5 Å². The van der Waals surface area contributed by atoms with Gasteiger partial charge in [0, 0.05) is 11.3 Å². The number of rotatable bonds is 9. The van der Waals surface area contributed by atoms with Gasteiger partial charge >= 0.3 is 0 Å². The molecule has 5 nitrogen and oxygen atoms in total. The van der Waals surface area contributed by atoms with Crippen molar-refractivity contribution in [3.63, 3.8) is 0 Å². The summed E-state index contributed by atoms with van der Waals surface area (Å²) in [5, 5.41) is 12.1. The monoisotopic (exact) mass is 329 g/mol. The highest BCUT2D eigenvalue weighted by Crippen LogP contribution is 2.14. The Hall–Kier alpha value is -2.37. The quantitative estimate of drug-likeness (QED) is 0.646. The van der Waals surface area contributed by atoms with E-state index in [0.717, 1.165) is 18.0 Å². The molecule has 1 atom stereocenters. The lowest BCUT2D eigenvalue weighted by Crippen LogP contribution is -3.11. The van der Waals surface area contributed by atoms with Crippen molar-refractivity contribution >= 4 is 11.6 Å². The number of amides is 1. The molecule has 0 aliphatic rings. The first-order valence-electron chi connectivity index (χ1n) is 8.13. The maximum atomic E-state index is 12.1. The van der Waals surface area contributed by atoms with Crippen LogP contribution in [0.5, 0.6) is 5.75 Å². The van der Waals surface area contributed by atoms with Gasteiger partial charge in [-0.05, 0) is 24.3 Å². The number of nitrogens with one attached hydrogen (secondary N) is 2. The molecule has 2 aromatic carbocycles. The van der Waals surface area contributed by atoms with Crippen LogP contribution in [0.25, 0.3) is 0 Å². The smallest absolute Gasteiger partial charge is 0.230 e. The zero-order valence-electron chi connectivity index (χ0n) is 14.0. The Bertz CT molecular complexity index is 614. The number of anilines is 1. The third-order valence-electron chi connectivity index (χ3n) is 3.84. The van der Waals surface area contributed by atoms with Crippen molar-refractivity contribution in [3.8, 4) is 5.75 Å². The Morgan fingerprint density at radius 3 is 2.42 bits per heavy atom. The summed E-state index contributed by atoms with van der Waals surface area (Å²) >= 11 is 0. The van der Waals surface area contributed by atoms with E-state index in [1.54, 1.807) is 7.11 Å². The van der Waals surface area contributed by atoms with E-state index in [4.69, 9.17) is 4.74 Å².